The van der Waals surface area contributed by atoms with E-state index >= 15 is 0 Å². The second-order valence-electron chi connectivity index (χ2n) is 3.82. The number of hydrogen-bond donors (Lipinski definition) is 1. The molecule has 0 saturated heterocycles. The summed E-state index contributed by atoms with van der Waals surface area (Å²) in [4.78, 5) is 12.1. The van der Waals surface area contributed by atoms with Gasteiger partial charge in [-0.2, -0.15) is 0 Å². The maximum absolute atomic E-state index is 4.52. The van der Waals surface area contributed by atoms with Gasteiger partial charge in [0.1, 0.15) is 0 Å². The van der Waals surface area contributed by atoms with Crippen molar-refractivity contribution < 1.29 is 0 Å². The van der Waals surface area contributed by atoms with E-state index in [-0.39, 0.29) is 0 Å². The molecule has 0 unspecified atom stereocenters. The van der Waals surface area contributed by atoms with Gasteiger partial charge in [0.2, 0.25) is 0 Å². The van der Waals surface area contributed by atoms with Crippen LogP contribution in [-0.2, 0) is 5.75 Å². The number of benzene rings is 1. The number of nitrogens with one attached hydrogen (secondary N) is 1. The van der Waals surface area contributed by atoms with Crippen molar-refractivity contribution in [2.45, 2.75) is 10.9 Å². The van der Waals surface area contributed by atoms with Gasteiger partial charge in [0.25, 0.3) is 0 Å². The molecule has 0 radical (unpaired) electrons. The number of hydrogen-bond acceptors (Lipinski definition) is 3. The van der Waals surface area contributed by atoms with Crippen LogP contribution in [0, 0.1) is 0 Å². The number of nitrogens with zero attached hydrogens (tertiary/aromatic N) is 2. The zero-order valence-corrected chi connectivity index (χ0v) is 11.8. The van der Waals surface area contributed by atoms with Crippen molar-refractivity contribution in [1.29, 1.82) is 0 Å². The summed E-state index contributed by atoms with van der Waals surface area (Å²) in [6.07, 6.45) is 1.81. The van der Waals surface area contributed by atoms with Crippen LogP contribution in [-0.4, -0.2) is 15.0 Å². The summed E-state index contributed by atoms with van der Waals surface area (Å²) < 4.78 is 1.000. The first-order chi connectivity index (χ1) is 8.81. The lowest BCUT2D eigenvalue weighted by Crippen LogP contribution is -1.86. The van der Waals surface area contributed by atoms with Crippen LogP contribution in [0.4, 0.5) is 0 Å². The molecule has 1 aromatic carbocycles. The molecule has 0 aliphatic rings. The van der Waals surface area contributed by atoms with Crippen LogP contribution < -0.4 is 0 Å². The normalized spacial score (nSPS) is 10.9. The molecule has 0 spiro atoms. The predicted octanol–water partition coefficient (Wildman–Crippen LogP) is 4.01. The summed E-state index contributed by atoms with van der Waals surface area (Å²) in [6.45, 7) is 0. The number of aromatic amines is 1. The zero-order chi connectivity index (χ0) is 12.4. The molecule has 0 aliphatic carbocycles. The lowest BCUT2D eigenvalue weighted by Gasteiger charge is -1.98. The third kappa shape index (κ3) is 2.57. The Morgan fingerprint density at radius 1 is 1.17 bits per heavy atom. The number of rotatable bonds is 3. The number of para-hydroxylation sites is 2. The fourth-order valence-corrected chi connectivity index (χ4v) is 2.67. The van der Waals surface area contributed by atoms with Gasteiger partial charge in [-0.15, -0.1) is 0 Å². The molecule has 0 bridgehead atoms. The topological polar surface area (TPSA) is 41.6 Å². The Kier molecular flexibility index (Phi) is 3.34. The molecule has 0 atom stereocenters. The fourth-order valence-electron chi connectivity index (χ4n) is 1.63. The fraction of sp³-hybridized carbons (Fsp3) is 0.0769. The van der Waals surface area contributed by atoms with Gasteiger partial charge in [-0.25, -0.2) is 4.98 Å². The molecule has 5 heteroatoms. The van der Waals surface area contributed by atoms with Gasteiger partial charge in [-0.3, -0.25) is 4.98 Å². The average molecular weight is 320 g/mol. The first-order valence-electron chi connectivity index (χ1n) is 5.49. The van der Waals surface area contributed by atoms with Crippen molar-refractivity contribution in [3.05, 3.63) is 52.8 Å². The summed E-state index contributed by atoms with van der Waals surface area (Å²) in [7, 11) is 0. The lowest BCUT2D eigenvalue weighted by molar-refractivity contribution is 1.07. The predicted molar refractivity (Wildman–Crippen MR) is 77.6 cm³/mol. The summed E-state index contributed by atoms with van der Waals surface area (Å²) >= 11 is 5.04. The van der Waals surface area contributed by atoms with Gasteiger partial charge in [-0.05, 0) is 40.2 Å². The van der Waals surface area contributed by atoms with E-state index < -0.39 is 0 Å². The molecule has 3 nitrogen and oxygen atoms in total. The average Bonchev–Trinajstić information content (AvgIpc) is 2.81. The molecule has 1 N–H and O–H groups in total. The first-order valence-corrected chi connectivity index (χ1v) is 7.27. The van der Waals surface area contributed by atoms with Crippen LogP contribution in [0.5, 0.6) is 0 Å². The van der Waals surface area contributed by atoms with Crippen molar-refractivity contribution in [2.24, 2.45) is 0 Å². The van der Waals surface area contributed by atoms with Crippen LogP contribution in [0.1, 0.15) is 5.69 Å². The van der Waals surface area contributed by atoms with E-state index in [1.807, 2.05) is 42.6 Å². The van der Waals surface area contributed by atoms with Crippen LogP contribution in [0.2, 0.25) is 0 Å². The molecular formula is C13H10BrN3S. The Balaban J connectivity index is 1.74. The molecule has 0 fully saturated rings. The smallest absolute Gasteiger partial charge is 0.166 e. The van der Waals surface area contributed by atoms with Crippen LogP contribution in [0.3, 0.4) is 0 Å². The number of halogens is 1. The lowest BCUT2D eigenvalue weighted by atomic mass is 10.3. The minimum atomic E-state index is 0.813. The number of imidazole rings is 1. The molecule has 2 heterocycles. The SMILES string of the molecule is Brc1ccc(CSc2nc3ccccc3[nH]2)nc1. The standard InChI is InChI=1S/C13H10BrN3S/c14-9-5-6-10(15-7-9)8-18-13-16-11-3-1-2-4-12(11)17-13/h1-7H,8H2,(H,16,17). The number of H-pyrrole nitrogens is 1. The van der Waals surface area contributed by atoms with Crippen LogP contribution >= 0.6 is 27.7 Å². The highest BCUT2D eigenvalue weighted by Gasteiger charge is 2.03. The Morgan fingerprint density at radius 3 is 2.83 bits per heavy atom. The van der Waals surface area contributed by atoms with E-state index in [2.05, 4.69) is 30.9 Å². The largest absolute Gasteiger partial charge is 0.333 e. The molecular weight excluding hydrogens is 310 g/mol. The Hall–Kier alpha value is -1.33. The van der Waals surface area contributed by atoms with Crippen LogP contribution in [0.25, 0.3) is 11.0 Å². The maximum atomic E-state index is 4.52. The van der Waals surface area contributed by atoms with Crippen molar-refractivity contribution in [3.63, 3.8) is 0 Å². The second-order valence-corrected chi connectivity index (χ2v) is 5.70. The molecule has 0 amide bonds. The summed E-state index contributed by atoms with van der Waals surface area (Å²) in [5.41, 5.74) is 3.12. The second kappa shape index (κ2) is 5.12. The van der Waals surface area contributed by atoms with Gasteiger partial charge >= 0.3 is 0 Å². The van der Waals surface area contributed by atoms with E-state index in [0.29, 0.717) is 0 Å². The minimum Gasteiger partial charge on any atom is -0.333 e. The van der Waals surface area contributed by atoms with E-state index in [1.54, 1.807) is 11.8 Å². The van der Waals surface area contributed by atoms with E-state index in [1.165, 1.54) is 0 Å². The highest BCUT2D eigenvalue weighted by Crippen LogP contribution is 2.22. The highest BCUT2D eigenvalue weighted by atomic mass is 79.9. The Morgan fingerprint density at radius 2 is 2.06 bits per heavy atom. The quantitative estimate of drug-likeness (QED) is 0.741. The Labute approximate surface area is 117 Å². The van der Waals surface area contributed by atoms with E-state index in [0.717, 1.165) is 32.1 Å². The van der Waals surface area contributed by atoms with Gasteiger partial charge in [0.05, 0.1) is 16.7 Å². The summed E-state index contributed by atoms with van der Waals surface area (Å²) in [5.74, 6) is 0.813. The minimum absolute atomic E-state index is 0.813. The van der Waals surface area contributed by atoms with Gasteiger partial charge in [-0.1, -0.05) is 23.9 Å². The number of pyridine rings is 1. The van der Waals surface area contributed by atoms with Gasteiger partial charge in [0.15, 0.2) is 5.16 Å². The molecule has 90 valence electrons. The molecule has 3 rings (SSSR count). The number of aromatic nitrogens is 3. The first kappa shape index (κ1) is 11.7. The van der Waals surface area contributed by atoms with Crippen molar-refractivity contribution in [2.75, 3.05) is 0 Å². The molecule has 3 aromatic rings. The highest BCUT2D eigenvalue weighted by molar-refractivity contribution is 9.10. The summed E-state index contributed by atoms with van der Waals surface area (Å²) in [5, 5.41) is 0.931. The maximum Gasteiger partial charge on any atom is 0.166 e. The third-order valence-electron chi connectivity index (χ3n) is 2.51. The Bertz CT molecular complexity index is 630. The van der Waals surface area contributed by atoms with Crippen molar-refractivity contribution in [1.82, 2.24) is 15.0 Å². The van der Waals surface area contributed by atoms with Gasteiger partial charge in [0, 0.05) is 16.4 Å². The summed E-state index contributed by atoms with van der Waals surface area (Å²) in [6, 6.07) is 12.1. The van der Waals surface area contributed by atoms with E-state index in [9.17, 15) is 0 Å². The number of thioether (sulfide) groups is 1. The van der Waals surface area contributed by atoms with Gasteiger partial charge < -0.3 is 4.98 Å². The monoisotopic (exact) mass is 319 g/mol. The molecule has 0 aliphatic heterocycles. The van der Waals surface area contributed by atoms with Crippen molar-refractivity contribution in [3.8, 4) is 0 Å². The zero-order valence-electron chi connectivity index (χ0n) is 9.43. The molecule has 18 heavy (non-hydrogen) atoms. The number of fused-ring (bicyclic) bond motifs is 1. The molecule has 2 aromatic heterocycles. The van der Waals surface area contributed by atoms with Crippen molar-refractivity contribution >= 4 is 38.7 Å². The van der Waals surface area contributed by atoms with E-state index in [4.69, 9.17) is 0 Å². The van der Waals surface area contributed by atoms with Crippen LogP contribution in [0.15, 0.2) is 52.2 Å². The third-order valence-corrected chi connectivity index (χ3v) is 3.89. The molecule has 0 saturated carbocycles.